The highest BCUT2D eigenvalue weighted by Crippen LogP contribution is 2.40. The van der Waals surface area contributed by atoms with Gasteiger partial charge in [-0.3, -0.25) is 4.79 Å². The number of anilines is 2. The summed E-state index contributed by atoms with van der Waals surface area (Å²) in [4.78, 5) is 20.7. The molecule has 0 spiro atoms. The van der Waals surface area contributed by atoms with E-state index in [4.69, 9.17) is 15.2 Å². The highest BCUT2D eigenvalue weighted by Gasteiger charge is 2.25. The summed E-state index contributed by atoms with van der Waals surface area (Å²) in [7, 11) is 3.17. The van der Waals surface area contributed by atoms with Crippen LogP contribution in [0.2, 0.25) is 0 Å². The molecule has 37 heavy (non-hydrogen) atoms. The third kappa shape index (κ3) is 6.20. The summed E-state index contributed by atoms with van der Waals surface area (Å²) in [6.07, 6.45) is 4.98. The Hall–Kier alpha value is -3.63. The molecule has 5 rings (SSSR count). The minimum atomic E-state index is -0.663. The predicted octanol–water partition coefficient (Wildman–Crippen LogP) is 4.45. The van der Waals surface area contributed by atoms with Crippen LogP contribution in [-0.4, -0.2) is 49.3 Å². The molecule has 2 aromatic carbocycles. The van der Waals surface area contributed by atoms with E-state index in [2.05, 4.69) is 20.6 Å². The van der Waals surface area contributed by atoms with Gasteiger partial charge in [-0.2, -0.15) is 0 Å². The molecule has 1 unspecified atom stereocenters. The second-order valence-corrected chi connectivity index (χ2v) is 9.08. The van der Waals surface area contributed by atoms with Crippen LogP contribution in [0, 0.1) is 18.6 Å². The van der Waals surface area contributed by atoms with E-state index in [9.17, 15) is 13.6 Å². The summed E-state index contributed by atoms with van der Waals surface area (Å²) in [5.41, 5.74) is 8.00. The van der Waals surface area contributed by atoms with E-state index in [0.717, 1.165) is 31.5 Å². The Kier molecular flexibility index (Phi) is 8.30. The number of nitrogens with two attached hydrogens (primary N) is 1. The number of carbonyl (C=O) groups is 1. The average Bonchev–Trinajstić information content (AvgIpc) is 3.60. The van der Waals surface area contributed by atoms with E-state index in [1.54, 1.807) is 20.1 Å². The van der Waals surface area contributed by atoms with Crippen LogP contribution >= 0.6 is 0 Å². The fourth-order valence-electron chi connectivity index (χ4n) is 4.24. The number of nitrogens with zero attached hydrogens (tertiary/aromatic N) is 2. The van der Waals surface area contributed by atoms with Gasteiger partial charge in [-0.15, -0.1) is 0 Å². The molecule has 0 radical (unpaired) electrons. The molecule has 8 nitrogen and oxygen atoms in total. The molecule has 196 valence electrons. The van der Waals surface area contributed by atoms with Crippen LogP contribution in [0.5, 0.6) is 5.75 Å². The molecule has 1 aromatic heterocycles. The third-order valence-electron chi connectivity index (χ3n) is 6.55. The first-order valence-electron chi connectivity index (χ1n) is 12.1. The molecule has 1 aliphatic carbocycles. The minimum absolute atomic E-state index is 0.103. The highest BCUT2D eigenvalue weighted by atomic mass is 19.1. The lowest BCUT2D eigenvalue weighted by molar-refractivity contribution is 0.102. The van der Waals surface area contributed by atoms with E-state index >= 15 is 0 Å². The smallest absolute Gasteiger partial charge is 0.258 e. The van der Waals surface area contributed by atoms with Gasteiger partial charge in [0.25, 0.3) is 5.91 Å². The zero-order chi connectivity index (χ0) is 26.5. The Morgan fingerprint density at radius 3 is 2.51 bits per heavy atom. The monoisotopic (exact) mass is 511 g/mol. The molecule has 1 atom stereocenters. The van der Waals surface area contributed by atoms with Gasteiger partial charge in [-0.25, -0.2) is 18.7 Å². The summed E-state index contributed by atoms with van der Waals surface area (Å²) in [6.45, 7) is 3.85. The molecule has 2 fully saturated rings. The van der Waals surface area contributed by atoms with Gasteiger partial charge in [-0.05, 0) is 74.0 Å². The van der Waals surface area contributed by atoms with Gasteiger partial charge in [0.1, 0.15) is 23.7 Å². The van der Waals surface area contributed by atoms with Gasteiger partial charge in [0, 0.05) is 24.9 Å². The molecular formula is C27H31F2N5O3. The summed E-state index contributed by atoms with van der Waals surface area (Å²) >= 11 is 0. The zero-order valence-electron chi connectivity index (χ0n) is 21.1. The lowest BCUT2D eigenvalue weighted by Gasteiger charge is -2.15. The first-order valence-corrected chi connectivity index (χ1v) is 12.1. The summed E-state index contributed by atoms with van der Waals surface area (Å²) in [5.74, 6) is -1.19. The van der Waals surface area contributed by atoms with Crippen LogP contribution < -0.4 is 21.1 Å². The largest absolute Gasteiger partial charge is 0.491 e. The van der Waals surface area contributed by atoms with Crippen LogP contribution in [0.15, 0.2) is 36.7 Å². The van der Waals surface area contributed by atoms with E-state index in [1.807, 2.05) is 0 Å². The Balaban J connectivity index is 0.000000396. The van der Waals surface area contributed by atoms with Crippen molar-refractivity contribution in [3.05, 3.63) is 65.0 Å². The maximum atomic E-state index is 14.5. The number of hydrogen-bond acceptors (Lipinski definition) is 7. The lowest BCUT2D eigenvalue weighted by atomic mass is 10.0. The summed E-state index contributed by atoms with van der Waals surface area (Å²) in [5, 5.41) is 5.80. The molecule has 1 saturated heterocycles. The highest BCUT2D eigenvalue weighted by molar-refractivity contribution is 6.05. The number of benzene rings is 2. The molecule has 1 saturated carbocycles. The first-order chi connectivity index (χ1) is 17.8. The van der Waals surface area contributed by atoms with Crippen LogP contribution in [0.4, 0.5) is 20.3 Å². The molecule has 3 aromatic rings. The van der Waals surface area contributed by atoms with Crippen LogP contribution in [0.25, 0.3) is 11.3 Å². The molecule has 4 N–H and O–H groups in total. The standard InChI is InChI=1S/C22H20F2N4O2.C5H11NO/c1-11-16(19-20(30-2)21(25)27-10-26-19)8-14(23)9-18(11)28-22(29)15-6-5-13(7-17(15)24)12-3-4-12;1-7-5-2-3-6-4-5/h5-10,12H,3-4H2,1-2H3,(H,28,29)(H2,25,26,27);5-6H,2-4H2,1H3. The molecule has 0 bridgehead atoms. The molecule has 2 aliphatic rings. The predicted molar refractivity (Wildman–Crippen MR) is 138 cm³/mol. The Morgan fingerprint density at radius 1 is 1.14 bits per heavy atom. The number of hydrogen-bond donors (Lipinski definition) is 3. The number of nitrogens with one attached hydrogen (secondary N) is 2. The van der Waals surface area contributed by atoms with E-state index in [0.29, 0.717) is 23.1 Å². The number of amides is 1. The molecule has 1 amide bonds. The van der Waals surface area contributed by atoms with Gasteiger partial charge >= 0.3 is 0 Å². The quantitative estimate of drug-likeness (QED) is 0.449. The number of aromatic nitrogens is 2. The van der Waals surface area contributed by atoms with Crippen LogP contribution in [0.1, 0.15) is 46.7 Å². The van der Waals surface area contributed by atoms with Crippen molar-refractivity contribution in [2.24, 2.45) is 0 Å². The second kappa shape index (κ2) is 11.6. The van der Waals surface area contributed by atoms with Crippen molar-refractivity contribution in [2.75, 3.05) is 38.4 Å². The minimum Gasteiger partial charge on any atom is -0.491 e. The Bertz CT molecular complexity index is 1280. The van der Waals surface area contributed by atoms with E-state index in [-0.39, 0.29) is 28.5 Å². The molecule has 10 heteroatoms. The van der Waals surface area contributed by atoms with Gasteiger partial charge in [-0.1, -0.05) is 6.07 Å². The maximum Gasteiger partial charge on any atom is 0.258 e. The lowest BCUT2D eigenvalue weighted by Crippen LogP contribution is -2.15. The van der Waals surface area contributed by atoms with Crippen LogP contribution in [-0.2, 0) is 4.74 Å². The van der Waals surface area contributed by atoms with Crippen molar-refractivity contribution in [3.63, 3.8) is 0 Å². The van der Waals surface area contributed by atoms with Crippen molar-refractivity contribution >= 4 is 17.4 Å². The fourth-order valence-corrected chi connectivity index (χ4v) is 4.24. The second-order valence-electron chi connectivity index (χ2n) is 9.08. The number of nitrogen functional groups attached to an aromatic ring is 1. The number of halogens is 2. The SMILES string of the molecule is COC1CCNC1.COc1c(N)ncnc1-c1cc(F)cc(NC(=O)c2ccc(C3CC3)cc2F)c1C. The van der Waals surface area contributed by atoms with Gasteiger partial charge in [0.15, 0.2) is 11.6 Å². The zero-order valence-corrected chi connectivity index (χ0v) is 21.1. The van der Waals surface area contributed by atoms with Gasteiger partial charge in [0.05, 0.1) is 18.8 Å². The van der Waals surface area contributed by atoms with E-state index in [1.165, 1.54) is 44.1 Å². The summed E-state index contributed by atoms with van der Waals surface area (Å²) < 4.78 is 39.2. The summed E-state index contributed by atoms with van der Waals surface area (Å²) in [6, 6.07) is 7.05. The number of ether oxygens (including phenoxy) is 2. The van der Waals surface area contributed by atoms with Gasteiger partial charge < -0.3 is 25.8 Å². The Labute approximate surface area is 214 Å². The number of rotatable bonds is 6. The van der Waals surface area contributed by atoms with Gasteiger partial charge in [0.2, 0.25) is 0 Å². The molecule has 1 aliphatic heterocycles. The number of methoxy groups -OCH3 is 2. The number of carbonyl (C=O) groups excluding carboxylic acids is 1. The fraction of sp³-hybridized carbons (Fsp3) is 0.370. The maximum absolute atomic E-state index is 14.5. The van der Waals surface area contributed by atoms with Crippen molar-refractivity contribution in [3.8, 4) is 17.0 Å². The van der Waals surface area contributed by atoms with Crippen molar-refractivity contribution in [1.29, 1.82) is 0 Å². The molecular weight excluding hydrogens is 480 g/mol. The Morgan fingerprint density at radius 2 is 1.92 bits per heavy atom. The first kappa shape index (κ1) is 26.4. The van der Waals surface area contributed by atoms with Crippen LogP contribution in [0.3, 0.4) is 0 Å². The van der Waals surface area contributed by atoms with E-state index < -0.39 is 17.5 Å². The normalized spacial score (nSPS) is 16.6. The van der Waals surface area contributed by atoms with Crippen molar-refractivity contribution in [2.45, 2.75) is 38.2 Å². The third-order valence-corrected chi connectivity index (χ3v) is 6.55. The van der Waals surface area contributed by atoms with Crippen molar-refractivity contribution < 1.29 is 23.0 Å². The van der Waals surface area contributed by atoms with Crippen molar-refractivity contribution in [1.82, 2.24) is 15.3 Å². The molecule has 2 heterocycles. The average molecular weight is 512 g/mol. The topological polar surface area (TPSA) is 111 Å².